The molecule has 1 aliphatic rings. The number of aromatic nitrogens is 4. The van der Waals surface area contributed by atoms with E-state index in [2.05, 4.69) is 15.0 Å². The van der Waals surface area contributed by atoms with Crippen molar-refractivity contribution < 1.29 is 5.11 Å². The molecular formula is C12H15ClN4O. The quantitative estimate of drug-likeness (QED) is 0.862. The van der Waals surface area contributed by atoms with Crippen LogP contribution >= 0.6 is 11.6 Å². The Morgan fingerprint density at radius 1 is 1.28 bits per heavy atom. The molecule has 0 aliphatic heterocycles. The summed E-state index contributed by atoms with van der Waals surface area (Å²) in [5.74, 6) is 0.904. The lowest BCUT2D eigenvalue weighted by molar-refractivity contribution is 0.185. The van der Waals surface area contributed by atoms with Crippen molar-refractivity contribution in [3.05, 3.63) is 17.8 Å². The van der Waals surface area contributed by atoms with Crippen molar-refractivity contribution in [2.24, 2.45) is 11.8 Å². The minimum atomic E-state index is 0.271. The molecule has 0 bridgehead atoms. The van der Waals surface area contributed by atoms with Crippen LogP contribution in [0.4, 0.5) is 0 Å². The Hall–Kier alpha value is -1.20. The minimum absolute atomic E-state index is 0.271. The Labute approximate surface area is 110 Å². The first-order valence-corrected chi connectivity index (χ1v) is 6.59. The molecule has 2 aromatic rings. The third-order valence-corrected chi connectivity index (χ3v) is 4.12. The van der Waals surface area contributed by atoms with Gasteiger partial charge in [0.05, 0.1) is 6.33 Å². The zero-order valence-electron chi connectivity index (χ0n) is 9.96. The second-order valence-corrected chi connectivity index (χ2v) is 5.23. The van der Waals surface area contributed by atoms with Gasteiger partial charge < -0.3 is 9.67 Å². The van der Waals surface area contributed by atoms with Gasteiger partial charge in [0.25, 0.3) is 0 Å². The molecule has 1 saturated carbocycles. The normalized spacial score (nSPS) is 23.9. The zero-order valence-corrected chi connectivity index (χ0v) is 10.7. The molecule has 0 saturated heterocycles. The van der Waals surface area contributed by atoms with Crippen LogP contribution in [0.2, 0.25) is 5.15 Å². The number of aliphatic hydroxyl groups excluding tert-OH is 1. The molecule has 0 aromatic carbocycles. The van der Waals surface area contributed by atoms with Crippen molar-refractivity contribution in [3.63, 3.8) is 0 Å². The molecule has 2 heterocycles. The predicted octanol–water partition coefficient (Wildman–Crippen LogP) is 1.89. The first-order chi connectivity index (χ1) is 8.79. The van der Waals surface area contributed by atoms with E-state index in [4.69, 9.17) is 11.6 Å². The van der Waals surface area contributed by atoms with Crippen molar-refractivity contribution in [2.75, 3.05) is 6.61 Å². The summed E-state index contributed by atoms with van der Waals surface area (Å²) in [5, 5.41) is 9.74. The second kappa shape index (κ2) is 4.82. The van der Waals surface area contributed by atoms with Gasteiger partial charge in [-0.3, -0.25) is 0 Å². The highest BCUT2D eigenvalue weighted by Gasteiger charge is 2.27. The molecule has 0 unspecified atom stereocenters. The van der Waals surface area contributed by atoms with E-state index in [0.717, 1.165) is 25.0 Å². The number of fused-ring (bicyclic) bond motifs is 1. The summed E-state index contributed by atoms with van der Waals surface area (Å²) in [6.07, 6.45) is 6.69. The van der Waals surface area contributed by atoms with Gasteiger partial charge in [-0.05, 0) is 24.7 Å². The molecule has 1 aliphatic carbocycles. The van der Waals surface area contributed by atoms with Crippen molar-refractivity contribution in [3.8, 4) is 0 Å². The zero-order chi connectivity index (χ0) is 12.5. The summed E-state index contributed by atoms with van der Waals surface area (Å²) >= 11 is 5.98. The predicted molar refractivity (Wildman–Crippen MR) is 68.2 cm³/mol. The first-order valence-electron chi connectivity index (χ1n) is 6.21. The summed E-state index contributed by atoms with van der Waals surface area (Å²) in [4.78, 5) is 12.4. The standard InChI is InChI=1S/C12H15ClN4O/c13-11-10-12(15-6-14-11)17(7-16-10)4-8-2-1-3-9(8)5-18/h6-9,18H,1-5H2/t8-,9-/m0/s1. The molecule has 1 N–H and O–H groups in total. The fourth-order valence-electron chi connectivity index (χ4n) is 2.83. The molecule has 6 heteroatoms. The average Bonchev–Trinajstić information content (AvgIpc) is 2.98. The van der Waals surface area contributed by atoms with Gasteiger partial charge in [-0.2, -0.15) is 0 Å². The largest absolute Gasteiger partial charge is 0.396 e. The van der Waals surface area contributed by atoms with Gasteiger partial charge >= 0.3 is 0 Å². The van der Waals surface area contributed by atoms with Gasteiger partial charge in [0, 0.05) is 13.2 Å². The molecule has 5 nitrogen and oxygen atoms in total. The monoisotopic (exact) mass is 266 g/mol. The third kappa shape index (κ3) is 1.97. The molecule has 96 valence electrons. The number of hydrogen-bond acceptors (Lipinski definition) is 4. The molecule has 1 fully saturated rings. The maximum absolute atomic E-state index is 9.35. The van der Waals surface area contributed by atoms with Crippen molar-refractivity contribution >= 4 is 22.8 Å². The fourth-order valence-corrected chi connectivity index (χ4v) is 3.01. The maximum Gasteiger partial charge on any atom is 0.164 e. The Morgan fingerprint density at radius 3 is 2.94 bits per heavy atom. The highest BCUT2D eigenvalue weighted by Crippen LogP contribution is 2.33. The second-order valence-electron chi connectivity index (χ2n) is 4.87. The van der Waals surface area contributed by atoms with E-state index in [1.807, 2.05) is 4.57 Å². The number of aliphatic hydroxyl groups is 1. The average molecular weight is 267 g/mol. The molecule has 0 amide bonds. The summed E-state index contributed by atoms with van der Waals surface area (Å²) in [6, 6.07) is 0. The fraction of sp³-hybridized carbons (Fsp3) is 0.583. The van der Waals surface area contributed by atoms with E-state index in [1.54, 1.807) is 6.33 Å². The molecule has 3 rings (SSSR count). The number of rotatable bonds is 3. The molecule has 0 radical (unpaired) electrons. The number of hydrogen-bond donors (Lipinski definition) is 1. The Kier molecular flexibility index (Phi) is 3.18. The van der Waals surface area contributed by atoms with Crippen molar-refractivity contribution in [1.29, 1.82) is 0 Å². The Balaban J connectivity index is 1.89. The molecule has 2 aromatic heterocycles. The first kappa shape index (κ1) is 11.9. The highest BCUT2D eigenvalue weighted by molar-refractivity contribution is 6.33. The summed E-state index contributed by atoms with van der Waals surface area (Å²) < 4.78 is 2.02. The lowest BCUT2D eigenvalue weighted by atomic mass is 9.97. The number of halogens is 1. The lowest BCUT2D eigenvalue weighted by Gasteiger charge is -2.17. The van der Waals surface area contributed by atoms with Gasteiger partial charge in [-0.15, -0.1) is 0 Å². The molecular weight excluding hydrogens is 252 g/mol. The molecule has 2 atom stereocenters. The van der Waals surface area contributed by atoms with Crippen LogP contribution in [-0.4, -0.2) is 31.2 Å². The smallest absolute Gasteiger partial charge is 0.164 e. The van der Waals surface area contributed by atoms with Crippen LogP contribution < -0.4 is 0 Å². The van der Waals surface area contributed by atoms with E-state index in [-0.39, 0.29) is 6.61 Å². The van der Waals surface area contributed by atoms with Crippen LogP contribution in [0.15, 0.2) is 12.7 Å². The summed E-state index contributed by atoms with van der Waals surface area (Å²) in [7, 11) is 0. The Bertz CT molecular complexity index is 556. The molecule has 18 heavy (non-hydrogen) atoms. The van der Waals surface area contributed by atoms with Crippen LogP contribution in [0.5, 0.6) is 0 Å². The highest BCUT2D eigenvalue weighted by atomic mass is 35.5. The maximum atomic E-state index is 9.35. The van der Waals surface area contributed by atoms with E-state index >= 15 is 0 Å². The van der Waals surface area contributed by atoms with Crippen LogP contribution in [0.25, 0.3) is 11.2 Å². The van der Waals surface area contributed by atoms with Gasteiger partial charge in [0.1, 0.15) is 11.8 Å². The summed E-state index contributed by atoms with van der Waals surface area (Å²) in [5.41, 5.74) is 1.43. The SMILES string of the molecule is OC[C@@H]1CCC[C@H]1Cn1cnc2c(Cl)ncnc21. The lowest BCUT2D eigenvalue weighted by Crippen LogP contribution is -2.17. The van der Waals surface area contributed by atoms with Crippen LogP contribution in [-0.2, 0) is 6.54 Å². The minimum Gasteiger partial charge on any atom is -0.396 e. The Morgan fingerprint density at radius 2 is 2.11 bits per heavy atom. The van der Waals surface area contributed by atoms with Crippen LogP contribution in [0.3, 0.4) is 0 Å². The van der Waals surface area contributed by atoms with Crippen LogP contribution in [0.1, 0.15) is 19.3 Å². The van der Waals surface area contributed by atoms with E-state index < -0.39 is 0 Å². The molecule has 0 spiro atoms. The van der Waals surface area contributed by atoms with Gasteiger partial charge in [-0.1, -0.05) is 18.0 Å². The number of nitrogens with zero attached hydrogens (tertiary/aromatic N) is 4. The van der Waals surface area contributed by atoms with Gasteiger partial charge in [0.2, 0.25) is 0 Å². The number of imidazole rings is 1. The van der Waals surface area contributed by atoms with Gasteiger partial charge in [0.15, 0.2) is 10.8 Å². The van der Waals surface area contributed by atoms with Crippen molar-refractivity contribution in [2.45, 2.75) is 25.8 Å². The van der Waals surface area contributed by atoms with E-state index in [9.17, 15) is 5.11 Å². The van der Waals surface area contributed by atoms with Crippen molar-refractivity contribution in [1.82, 2.24) is 19.5 Å². The third-order valence-electron chi connectivity index (χ3n) is 3.84. The van der Waals surface area contributed by atoms with Crippen LogP contribution in [0, 0.1) is 11.8 Å². The summed E-state index contributed by atoms with van der Waals surface area (Å²) in [6.45, 7) is 1.11. The topological polar surface area (TPSA) is 63.8 Å². The van der Waals surface area contributed by atoms with E-state index in [1.165, 1.54) is 12.7 Å². The van der Waals surface area contributed by atoms with E-state index in [0.29, 0.717) is 22.5 Å². The van der Waals surface area contributed by atoms with Gasteiger partial charge in [-0.25, -0.2) is 15.0 Å².